The van der Waals surface area contributed by atoms with E-state index in [4.69, 9.17) is 11.6 Å². The molecule has 1 N–H and O–H groups in total. The Kier molecular flexibility index (Phi) is 8.76. The van der Waals surface area contributed by atoms with Gasteiger partial charge in [0, 0.05) is 44.1 Å². The number of aromatic nitrogens is 1. The molecule has 0 atom stereocenters. The third kappa shape index (κ3) is 6.18. The fourth-order valence-electron chi connectivity index (χ4n) is 1.60. The molecule has 0 fully saturated rings. The topological polar surface area (TPSA) is 32.6 Å². The van der Waals surface area contributed by atoms with Gasteiger partial charge in [0.05, 0.1) is 11.6 Å². The van der Waals surface area contributed by atoms with Crippen molar-refractivity contribution in [3.8, 4) is 0 Å². The van der Waals surface area contributed by atoms with Gasteiger partial charge in [-0.15, -0.1) is 24.0 Å². The molecule has 1 heterocycles. The van der Waals surface area contributed by atoms with E-state index >= 15 is 0 Å². The van der Waals surface area contributed by atoms with Crippen molar-refractivity contribution in [1.82, 2.24) is 14.8 Å². The number of hydrogen-bond donors (Lipinski definition) is 1. The highest BCUT2D eigenvalue weighted by atomic mass is 127. The Labute approximate surface area is 145 Å². The Bertz CT molecular complexity index is 459. The number of nitrogens with one attached hydrogen (secondary N) is 1. The Morgan fingerprint density at radius 1 is 1.63 bits per heavy atom. The zero-order valence-electron chi connectivity index (χ0n) is 11.3. The average Bonchev–Trinajstić information content (AvgIpc) is 2.57. The lowest BCUT2D eigenvalue weighted by atomic mass is 10.4. The molecule has 1 rings (SSSR count). The van der Waals surface area contributed by atoms with Crippen LogP contribution in [0.15, 0.2) is 28.3 Å². The molecular weight excluding hydrogens is 442 g/mol. The van der Waals surface area contributed by atoms with Gasteiger partial charge < -0.3 is 14.8 Å². The van der Waals surface area contributed by atoms with Gasteiger partial charge in [-0.3, -0.25) is 4.99 Å². The summed E-state index contributed by atoms with van der Waals surface area (Å²) in [5.74, 6) is 0.813. The van der Waals surface area contributed by atoms with Gasteiger partial charge in [0.1, 0.15) is 0 Å². The molecule has 19 heavy (non-hydrogen) atoms. The van der Waals surface area contributed by atoms with E-state index < -0.39 is 0 Å². The fourth-order valence-corrected chi connectivity index (χ4v) is 2.01. The second-order valence-electron chi connectivity index (χ2n) is 4.03. The first-order valence-corrected chi connectivity index (χ1v) is 6.67. The van der Waals surface area contributed by atoms with Gasteiger partial charge in [-0.05, 0) is 6.07 Å². The van der Waals surface area contributed by atoms with E-state index in [1.165, 1.54) is 0 Å². The number of halogens is 3. The Hall–Kier alpha value is -0.210. The third-order valence-electron chi connectivity index (χ3n) is 2.49. The van der Waals surface area contributed by atoms with E-state index in [1.807, 2.05) is 35.8 Å². The summed E-state index contributed by atoms with van der Waals surface area (Å²) in [5.41, 5.74) is 1.13. The van der Waals surface area contributed by atoms with Crippen molar-refractivity contribution in [2.75, 3.05) is 20.6 Å². The lowest BCUT2D eigenvalue weighted by Crippen LogP contribution is -2.39. The second kappa shape index (κ2) is 8.86. The maximum absolute atomic E-state index is 5.96. The number of guanidine groups is 1. The van der Waals surface area contributed by atoms with Gasteiger partial charge in [-0.25, -0.2) is 0 Å². The van der Waals surface area contributed by atoms with Gasteiger partial charge >= 0.3 is 0 Å². The zero-order valence-corrected chi connectivity index (χ0v) is 16.0. The molecule has 7 heteroatoms. The quantitative estimate of drug-likeness (QED) is 0.424. The molecule has 0 bridgehead atoms. The van der Waals surface area contributed by atoms with Crippen molar-refractivity contribution in [2.45, 2.75) is 6.54 Å². The standard InChI is InChI=1S/C12H18BrClN4.HI/c1-9(13)6-16-12(15-2)18(4)8-11-5-10(14)7-17(11)3;/h5,7H,1,6,8H2,2-4H3,(H,15,16);1H. The van der Waals surface area contributed by atoms with Crippen LogP contribution in [-0.2, 0) is 13.6 Å². The minimum absolute atomic E-state index is 0. The van der Waals surface area contributed by atoms with E-state index in [0.717, 1.165) is 27.7 Å². The van der Waals surface area contributed by atoms with Crippen LogP contribution in [0.4, 0.5) is 0 Å². The highest BCUT2D eigenvalue weighted by molar-refractivity contribution is 14.0. The molecular formula is C12H19BrClIN4. The summed E-state index contributed by atoms with van der Waals surface area (Å²) in [7, 11) is 5.71. The first-order valence-electron chi connectivity index (χ1n) is 5.50. The lowest BCUT2D eigenvalue weighted by Gasteiger charge is -2.22. The molecule has 0 saturated carbocycles. The van der Waals surface area contributed by atoms with Crippen LogP contribution in [0, 0.1) is 0 Å². The van der Waals surface area contributed by atoms with Gasteiger partial charge in [-0.1, -0.05) is 34.1 Å². The van der Waals surface area contributed by atoms with Gasteiger partial charge in [0.2, 0.25) is 0 Å². The van der Waals surface area contributed by atoms with Crippen LogP contribution in [0.3, 0.4) is 0 Å². The van der Waals surface area contributed by atoms with Gasteiger partial charge in [0.25, 0.3) is 0 Å². The molecule has 0 aromatic carbocycles. The zero-order chi connectivity index (χ0) is 13.7. The first kappa shape index (κ1) is 18.8. The Balaban J connectivity index is 0.00000324. The first-order chi connectivity index (χ1) is 8.43. The Morgan fingerprint density at radius 3 is 2.68 bits per heavy atom. The van der Waals surface area contributed by atoms with Crippen molar-refractivity contribution in [3.05, 3.63) is 34.0 Å². The molecule has 108 valence electrons. The number of nitrogens with zero attached hydrogens (tertiary/aromatic N) is 3. The van der Waals surface area contributed by atoms with E-state index in [1.54, 1.807) is 7.05 Å². The summed E-state index contributed by atoms with van der Waals surface area (Å²) < 4.78 is 2.90. The number of rotatable bonds is 4. The predicted octanol–water partition coefficient (Wildman–Crippen LogP) is 3.21. The smallest absolute Gasteiger partial charge is 0.194 e. The molecule has 0 radical (unpaired) electrons. The summed E-state index contributed by atoms with van der Waals surface area (Å²) in [6, 6.07) is 1.95. The molecule has 4 nitrogen and oxygen atoms in total. The van der Waals surface area contributed by atoms with Gasteiger partial charge in [-0.2, -0.15) is 0 Å². The number of hydrogen-bond acceptors (Lipinski definition) is 1. The monoisotopic (exact) mass is 460 g/mol. The summed E-state index contributed by atoms with van der Waals surface area (Å²) in [6.45, 7) is 5.16. The summed E-state index contributed by atoms with van der Waals surface area (Å²) in [4.78, 5) is 6.25. The fraction of sp³-hybridized carbons (Fsp3) is 0.417. The molecule has 0 saturated heterocycles. The predicted molar refractivity (Wildman–Crippen MR) is 96.7 cm³/mol. The van der Waals surface area contributed by atoms with E-state index in [2.05, 4.69) is 32.8 Å². The largest absolute Gasteiger partial charge is 0.352 e. The normalized spacial score (nSPS) is 10.9. The minimum Gasteiger partial charge on any atom is -0.352 e. The van der Waals surface area contributed by atoms with Crippen LogP contribution in [0.25, 0.3) is 0 Å². The van der Waals surface area contributed by atoms with Crippen molar-refractivity contribution in [3.63, 3.8) is 0 Å². The second-order valence-corrected chi connectivity index (χ2v) is 5.59. The molecule has 0 aliphatic rings. The average molecular weight is 462 g/mol. The van der Waals surface area contributed by atoms with Crippen molar-refractivity contribution in [2.24, 2.45) is 12.0 Å². The molecule has 0 aliphatic heterocycles. The van der Waals surface area contributed by atoms with E-state index in [0.29, 0.717) is 6.54 Å². The van der Waals surface area contributed by atoms with Gasteiger partial charge in [0.15, 0.2) is 5.96 Å². The maximum Gasteiger partial charge on any atom is 0.194 e. The van der Waals surface area contributed by atoms with Crippen molar-refractivity contribution in [1.29, 1.82) is 0 Å². The third-order valence-corrected chi connectivity index (χ3v) is 2.97. The summed E-state index contributed by atoms with van der Waals surface area (Å²) in [5, 5.41) is 3.95. The molecule has 0 amide bonds. The highest BCUT2D eigenvalue weighted by Crippen LogP contribution is 2.14. The van der Waals surface area contributed by atoms with Crippen LogP contribution >= 0.6 is 51.5 Å². The molecule has 1 aromatic rings. The SMILES string of the molecule is C=C(Br)CNC(=NC)N(C)Cc1cc(Cl)cn1C.I. The van der Waals surface area contributed by atoms with Crippen molar-refractivity contribution < 1.29 is 0 Å². The summed E-state index contributed by atoms with van der Waals surface area (Å²) >= 11 is 9.27. The summed E-state index contributed by atoms with van der Waals surface area (Å²) in [6.07, 6.45) is 1.89. The van der Waals surface area contributed by atoms with Crippen LogP contribution in [0.5, 0.6) is 0 Å². The maximum atomic E-state index is 5.96. The van der Waals surface area contributed by atoms with Crippen LogP contribution in [-0.4, -0.2) is 36.1 Å². The number of aliphatic imine (C=N–C) groups is 1. The van der Waals surface area contributed by atoms with Crippen LogP contribution in [0.1, 0.15) is 5.69 Å². The highest BCUT2D eigenvalue weighted by Gasteiger charge is 2.09. The van der Waals surface area contributed by atoms with E-state index in [-0.39, 0.29) is 24.0 Å². The number of aryl methyl sites for hydroxylation is 1. The lowest BCUT2D eigenvalue weighted by molar-refractivity contribution is 0.465. The Morgan fingerprint density at radius 2 is 2.26 bits per heavy atom. The van der Waals surface area contributed by atoms with E-state index in [9.17, 15) is 0 Å². The minimum atomic E-state index is 0. The molecule has 0 unspecified atom stereocenters. The van der Waals surface area contributed by atoms with Crippen molar-refractivity contribution >= 4 is 57.5 Å². The molecule has 1 aromatic heterocycles. The molecule has 0 spiro atoms. The van der Waals surface area contributed by atoms with Crippen LogP contribution in [0.2, 0.25) is 5.02 Å². The van der Waals surface area contributed by atoms with Crippen LogP contribution < -0.4 is 5.32 Å². The molecule has 0 aliphatic carbocycles.